The molecule has 0 saturated heterocycles. The van der Waals surface area contributed by atoms with Gasteiger partial charge in [0.25, 0.3) is 0 Å². The van der Waals surface area contributed by atoms with E-state index in [9.17, 15) is 0 Å². The number of halogens is 1. The summed E-state index contributed by atoms with van der Waals surface area (Å²) in [4.78, 5) is 4.49. The van der Waals surface area contributed by atoms with Gasteiger partial charge in [0.15, 0.2) is 11.5 Å². The number of aromatic nitrogens is 3. The van der Waals surface area contributed by atoms with Crippen LogP contribution in [0.4, 0.5) is 0 Å². The zero-order valence-corrected chi connectivity index (χ0v) is 12.3. The average Bonchev–Trinajstić information content (AvgIpc) is 2.88. The van der Waals surface area contributed by atoms with E-state index in [1.54, 1.807) is 20.3 Å². The van der Waals surface area contributed by atoms with Crippen molar-refractivity contribution in [1.29, 1.82) is 0 Å². The van der Waals surface area contributed by atoms with Gasteiger partial charge in [-0.05, 0) is 23.7 Å². The second-order valence-electron chi connectivity index (χ2n) is 4.37. The molecule has 0 aliphatic carbocycles. The summed E-state index contributed by atoms with van der Waals surface area (Å²) in [5, 5.41) is 4.50. The molecule has 7 heteroatoms. The molecule has 2 heterocycles. The molecule has 0 saturated carbocycles. The first kappa shape index (κ1) is 13.8. The van der Waals surface area contributed by atoms with Crippen LogP contribution in [0.5, 0.6) is 11.5 Å². The molecule has 0 atom stereocenters. The zero-order valence-electron chi connectivity index (χ0n) is 11.5. The summed E-state index contributed by atoms with van der Waals surface area (Å²) in [6.45, 7) is 0. The fourth-order valence-corrected chi connectivity index (χ4v) is 2.31. The molecule has 0 bridgehead atoms. The lowest BCUT2D eigenvalue weighted by molar-refractivity contribution is 0.355. The third-order valence-corrected chi connectivity index (χ3v) is 3.40. The van der Waals surface area contributed by atoms with E-state index in [0.29, 0.717) is 33.5 Å². The van der Waals surface area contributed by atoms with Crippen molar-refractivity contribution < 1.29 is 9.47 Å². The second kappa shape index (κ2) is 5.29. The molecule has 2 radical (unpaired) electrons. The molecule has 3 aromatic rings. The molecule has 1 aromatic carbocycles. The lowest BCUT2D eigenvalue weighted by Gasteiger charge is -2.10. The Morgan fingerprint density at radius 2 is 1.90 bits per heavy atom. The van der Waals surface area contributed by atoms with Crippen LogP contribution in [0.25, 0.3) is 16.9 Å². The van der Waals surface area contributed by atoms with E-state index in [0.717, 1.165) is 5.56 Å². The summed E-state index contributed by atoms with van der Waals surface area (Å²) in [5.74, 6) is 1.27. The minimum Gasteiger partial charge on any atom is -0.493 e. The Morgan fingerprint density at radius 1 is 1.14 bits per heavy atom. The number of hydrogen-bond donors (Lipinski definition) is 0. The molecule has 104 valence electrons. The molecule has 0 unspecified atom stereocenters. The van der Waals surface area contributed by atoms with Gasteiger partial charge in [-0.3, -0.25) is 0 Å². The van der Waals surface area contributed by atoms with Crippen LogP contribution >= 0.6 is 11.6 Å². The highest BCUT2D eigenvalue weighted by Crippen LogP contribution is 2.32. The van der Waals surface area contributed by atoms with Crippen molar-refractivity contribution in [2.24, 2.45) is 0 Å². The zero-order chi connectivity index (χ0) is 15.0. The maximum atomic E-state index is 6.21. The van der Waals surface area contributed by atoms with Crippen LogP contribution in [0.3, 0.4) is 0 Å². The molecule has 3 rings (SSSR count). The monoisotopic (exact) mass is 299 g/mol. The number of fused-ring (bicyclic) bond motifs is 1. The van der Waals surface area contributed by atoms with Gasteiger partial charge in [0.1, 0.15) is 18.6 Å². The molecule has 0 fully saturated rings. The number of benzene rings is 1. The molecule has 2 aromatic heterocycles. The van der Waals surface area contributed by atoms with Crippen LogP contribution in [0, 0.1) is 0 Å². The van der Waals surface area contributed by atoms with Crippen molar-refractivity contribution in [3.63, 3.8) is 0 Å². The molecule has 5 nitrogen and oxygen atoms in total. The fraction of sp³-hybridized carbons (Fsp3) is 0.143. The third kappa shape index (κ3) is 2.31. The van der Waals surface area contributed by atoms with Gasteiger partial charge in [0, 0.05) is 17.8 Å². The third-order valence-electron chi connectivity index (χ3n) is 3.13. The highest BCUT2D eigenvalue weighted by Gasteiger charge is 2.11. The van der Waals surface area contributed by atoms with E-state index < -0.39 is 0 Å². The number of hydrogen-bond acceptors (Lipinski definition) is 4. The normalized spacial score (nSPS) is 10.8. The van der Waals surface area contributed by atoms with Gasteiger partial charge in [0.05, 0.1) is 19.9 Å². The van der Waals surface area contributed by atoms with Crippen molar-refractivity contribution in [2.75, 3.05) is 14.2 Å². The Kier molecular flexibility index (Phi) is 3.47. The molecule has 0 aliphatic heterocycles. The molecule has 21 heavy (non-hydrogen) atoms. The highest BCUT2D eigenvalue weighted by molar-refractivity contribution is 6.36. The maximum Gasteiger partial charge on any atom is 0.161 e. The number of ether oxygens (including phenoxy) is 2. The topological polar surface area (TPSA) is 48.7 Å². The number of rotatable bonds is 3. The van der Waals surface area contributed by atoms with Gasteiger partial charge in [-0.25, -0.2) is 9.50 Å². The van der Waals surface area contributed by atoms with Crippen molar-refractivity contribution >= 4 is 30.6 Å². The molecule has 0 N–H and O–H groups in total. The van der Waals surface area contributed by atoms with Crippen LogP contribution in [-0.4, -0.2) is 36.7 Å². The smallest absolute Gasteiger partial charge is 0.161 e. The van der Waals surface area contributed by atoms with E-state index in [1.165, 1.54) is 10.7 Å². The Hall–Kier alpha value is -2.21. The Bertz CT molecular complexity index is 819. The fourth-order valence-electron chi connectivity index (χ4n) is 2.09. The van der Waals surface area contributed by atoms with Crippen LogP contribution in [0.1, 0.15) is 0 Å². The van der Waals surface area contributed by atoms with E-state index in [4.69, 9.17) is 28.9 Å². The van der Waals surface area contributed by atoms with Crippen LogP contribution < -0.4 is 14.9 Å². The van der Waals surface area contributed by atoms with Crippen molar-refractivity contribution in [3.05, 3.63) is 35.6 Å². The second-order valence-corrected chi connectivity index (χ2v) is 4.76. The van der Waals surface area contributed by atoms with Gasteiger partial charge < -0.3 is 9.47 Å². The lowest BCUT2D eigenvalue weighted by atomic mass is 10.0. The largest absolute Gasteiger partial charge is 0.493 e. The summed E-state index contributed by atoms with van der Waals surface area (Å²) >= 11 is 6.21. The first-order chi connectivity index (χ1) is 10.1. The standard InChI is InChI=1S/C14H11BClN3O2/c1-20-11-4-3-8(5-12(11)21-2)10-6-13(16)19-14(18-10)9(15)7-17-19/h3-7H,1-2H3. The first-order valence-corrected chi connectivity index (χ1v) is 6.54. The van der Waals surface area contributed by atoms with Crippen molar-refractivity contribution in [1.82, 2.24) is 14.6 Å². The summed E-state index contributed by atoms with van der Waals surface area (Å²) in [5.41, 5.74) is 2.52. The van der Waals surface area contributed by atoms with E-state index in [1.807, 2.05) is 18.2 Å². The van der Waals surface area contributed by atoms with Crippen molar-refractivity contribution in [2.45, 2.75) is 0 Å². The minimum absolute atomic E-state index is 0.432. The van der Waals surface area contributed by atoms with Gasteiger partial charge in [0.2, 0.25) is 0 Å². The van der Waals surface area contributed by atoms with Gasteiger partial charge in [-0.2, -0.15) is 5.10 Å². The Balaban J connectivity index is 2.18. The lowest BCUT2D eigenvalue weighted by Crippen LogP contribution is -2.04. The SMILES string of the molecule is [B]c1cnn2c(Cl)cc(-c3ccc(OC)c(OC)c3)nc12. The summed E-state index contributed by atoms with van der Waals surface area (Å²) in [7, 11) is 9.02. The average molecular weight is 300 g/mol. The van der Waals surface area contributed by atoms with Crippen LogP contribution in [0.2, 0.25) is 5.15 Å². The predicted octanol–water partition coefficient (Wildman–Crippen LogP) is 1.86. The highest BCUT2D eigenvalue weighted by atomic mass is 35.5. The van der Waals surface area contributed by atoms with Crippen LogP contribution in [-0.2, 0) is 0 Å². The molecular formula is C14H11BClN3O2. The minimum atomic E-state index is 0.432. The van der Waals surface area contributed by atoms with Gasteiger partial charge in [-0.1, -0.05) is 11.6 Å². The molecule has 0 spiro atoms. The molecule has 0 aliphatic rings. The van der Waals surface area contributed by atoms with E-state index in [2.05, 4.69) is 10.1 Å². The number of nitrogens with zero attached hydrogens (tertiary/aromatic N) is 3. The maximum absolute atomic E-state index is 6.21. The van der Waals surface area contributed by atoms with Crippen LogP contribution in [0.15, 0.2) is 30.5 Å². The Labute approximate surface area is 127 Å². The van der Waals surface area contributed by atoms with E-state index in [-0.39, 0.29) is 0 Å². The molecular weight excluding hydrogens is 288 g/mol. The summed E-state index contributed by atoms with van der Waals surface area (Å²) in [6, 6.07) is 7.25. The van der Waals surface area contributed by atoms with Gasteiger partial charge >= 0.3 is 0 Å². The molecule has 0 amide bonds. The van der Waals surface area contributed by atoms with E-state index >= 15 is 0 Å². The Morgan fingerprint density at radius 3 is 2.62 bits per heavy atom. The van der Waals surface area contributed by atoms with Crippen molar-refractivity contribution in [3.8, 4) is 22.8 Å². The summed E-state index contributed by atoms with van der Waals surface area (Å²) < 4.78 is 12.0. The summed E-state index contributed by atoms with van der Waals surface area (Å²) in [6.07, 6.45) is 1.52. The first-order valence-electron chi connectivity index (χ1n) is 6.16. The predicted molar refractivity (Wildman–Crippen MR) is 81.9 cm³/mol. The number of methoxy groups -OCH3 is 2. The van der Waals surface area contributed by atoms with Gasteiger partial charge in [-0.15, -0.1) is 0 Å². The quantitative estimate of drug-likeness (QED) is 0.547.